The molecule has 20 heavy (non-hydrogen) atoms. The molecule has 1 saturated heterocycles. The number of hydrogen-bond donors (Lipinski definition) is 1. The molecule has 1 N–H and O–H groups in total. The van der Waals surface area contributed by atoms with E-state index in [9.17, 15) is 4.79 Å². The predicted molar refractivity (Wildman–Crippen MR) is 77.8 cm³/mol. The lowest BCUT2D eigenvalue weighted by Gasteiger charge is -2.35. The van der Waals surface area contributed by atoms with Crippen LogP contribution < -0.4 is 5.32 Å². The van der Waals surface area contributed by atoms with E-state index in [0.29, 0.717) is 24.6 Å². The minimum Gasteiger partial charge on any atom is -0.338 e. The SMILES string of the molecule is CCN(Cc1ccccc1C#N)C(=O)C(C)C1CNC1. The van der Waals surface area contributed by atoms with Gasteiger partial charge in [-0.15, -0.1) is 0 Å². The topological polar surface area (TPSA) is 56.1 Å². The molecule has 2 rings (SSSR count). The summed E-state index contributed by atoms with van der Waals surface area (Å²) >= 11 is 0. The van der Waals surface area contributed by atoms with Gasteiger partial charge in [-0.25, -0.2) is 0 Å². The third kappa shape index (κ3) is 3.00. The van der Waals surface area contributed by atoms with Gasteiger partial charge >= 0.3 is 0 Å². The van der Waals surface area contributed by atoms with Crippen molar-refractivity contribution in [3.63, 3.8) is 0 Å². The maximum Gasteiger partial charge on any atom is 0.226 e. The number of nitrogens with zero attached hydrogens (tertiary/aromatic N) is 2. The van der Waals surface area contributed by atoms with Gasteiger partial charge in [0.15, 0.2) is 0 Å². The molecule has 1 aromatic rings. The summed E-state index contributed by atoms with van der Waals surface area (Å²) in [5.74, 6) is 0.681. The molecule has 1 unspecified atom stereocenters. The van der Waals surface area contributed by atoms with Crippen LogP contribution in [0, 0.1) is 23.2 Å². The molecule has 0 spiro atoms. The van der Waals surface area contributed by atoms with Crippen LogP contribution in [0.2, 0.25) is 0 Å². The number of nitriles is 1. The number of nitrogens with one attached hydrogen (secondary N) is 1. The van der Waals surface area contributed by atoms with Gasteiger partial charge in [-0.1, -0.05) is 25.1 Å². The fraction of sp³-hybridized carbons (Fsp3) is 0.500. The summed E-state index contributed by atoms with van der Waals surface area (Å²) in [7, 11) is 0. The average molecular weight is 271 g/mol. The molecule has 0 radical (unpaired) electrons. The monoisotopic (exact) mass is 271 g/mol. The van der Waals surface area contributed by atoms with Crippen molar-refractivity contribution in [2.75, 3.05) is 19.6 Å². The van der Waals surface area contributed by atoms with Crippen molar-refractivity contribution >= 4 is 5.91 Å². The molecule has 4 nitrogen and oxygen atoms in total. The molecule has 1 aliphatic rings. The molecule has 1 amide bonds. The van der Waals surface area contributed by atoms with E-state index in [1.54, 1.807) is 6.07 Å². The second kappa shape index (κ2) is 6.53. The van der Waals surface area contributed by atoms with Crippen LogP contribution >= 0.6 is 0 Å². The Morgan fingerprint density at radius 2 is 2.20 bits per heavy atom. The molecular formula is C16H21N3O. The quantitative estimate of drug-likeness (QED) is 0.888. The van der Waals surface area contributed by atoms with Gasteiger partial charge in [0.2, 0.25) is 5.91 Å². The highest BCUT2D eigenvalue weighted by atomic mass is 16.2. The number of amides is 1. The van der Waals surface area contributed by atoms with E-state index in [1.165, 1.54) is 0 Å². The zero-order valence-electron chi connectivity index (χ0n) is 12.1. The summed E-state index contributed by atoms with van der Waals surface area (Å²) in [4.78, 5) is 14.4. The molecule has 1 heterocycles. The van der Waals surface area contributed by atoms with E-state index < -0.39 is 0 Å². The van der Waals surface area contributed by atoms with E-state index >= 15 is 0 Å². The van der Waals surface area contributed by atoms with E-state index in [1.807, 2.05) is 36.9 Å². The molecule has 1 atom stereocenters. The van der Waals surface area contributed by atoms with Gasteiger partial charge in [0.1, 0.15) is 0 Å². The summed E-state index contributed by atoms with van der Waals surface area (Å²) < 4.78 is 0. The van der Waals surface area contributed by atoms with Crippen LogP contribution in [0.3, 0.4) is 0 Å². The first-order valence-corrected chi connectivity index (χ1v) is 7.14. The summed E-state index contributed by atoms with van der Waals surface area (Å²) in [6.45, 7) is 7.04. The Morgan fingerprint density at radius 3 is 2.75 bits per heavy atom. The van der Waals surface area contributed by atoms with Gasteiger partial charge in [-0.3, -0.25) is 4.79 Å². The number of hydrogen-bond acceptors (Lipinski definition) is 3. The molecule has 0 aliphatic carbocycles. The van der Waals surface area contributed by atoms with Crippen molar-refractivity contribution < 1.29 is 4.79 Å². The Bertz CT molecular complexity index is 517. The van der Waals surface area contributed by atoms with Gasteiger partial charge in [0.05, 0.1) is 11.6 Å². The molecule has 106 valence electrons. The lowest BCUT2D eigenvalue weighted by molar-refractivity contribution is -0.137. The molecule has 4 heteroatoms. The Morgan fingerprint density at radius 1 is 1.50 bits per heavy atom. The zero-order chi connectivity index (χ0) is 14.5. The minimum atomic E-state index is 0.0467. The van der Waals surface area contributed by atoms with Crippen LogP contribution in [-0.4, -0.2) is 30.4 Å². The highest BCUT2D eigenvalue weighted by molar-refractivity contribution is 5.79. The highest BCUT2D eigenvalue weighted by Crippen LogP contribution is 2.20. The van der Waals surface area contributed by atoms with Crippen LogP contribution in [-0.2, 0) is 11.3 Å². The van der Waals surface area contributed by atoms with Gasteiger partial charge in [0.25, 0.3) is 0 Å². The second-order valence-corrected chi connectivity index (χ2v) is 5.33. The first-order valence-electron chi connectivity index (χ1n) is 7.14. The van der Waals surface area contributed by atoms with Crippen LogP contribution in [0.15, 0.2) is 24.3 Å². The smallest absolute Gasteiger partial charge is 0.226 e. The Labute approximate surface area is 120 Å². The molecule has 1 aliphatic heterocycles. The molecule has 0 saturated carbocycles. The van der Waals surface area contributed by atoms with Gasteiger partial charge in [-0.05, 0) is 37.6 Å². The summed E-state index contributed by atoms with van der Waals surface area (Å²) in [5.41, 5.74) is 1.57. The first-order chi connectivity index (χ1) is 9.67. The van der Waals surface area contributed by atoms with Crippen molar-refractivity contribution in [1.29, 1.82) is 5.26 Å². The van der Waals surface area contributed by atoms with Gasteiger partial charge in [0, 0.05) is 19.0 Å². The number of benzene rings is 1. The number of carbonyl (C=O) groups excluding carboxylic acids is 1. The van der Waals surface area contributed by atoms with E-state index in [0.717, 1.165) is 18.7 Å². The second-order valence-electron chi connectivity index (χ2n) is 5.33. The van der Waals surface area contributed by atoms with E-state index in [4.69, 9.17) is 5.26 Å². The Kier molecular flexibility index (Phi) is 4.75. The van der Waals surface area contributed by atoms with Crippen LogP contribution in [0.4, 0.5) is 0 Å². The first kappa shape index (κ1) is 14.5. The van der Waals surface area contributed by atoms with Gasteiger partial charge < -0.3 is 10.2 Å². The van der Waals surface area contributed by atoms with Crippen LogP contribution in [0.1, 0.15) is 25.0 Å². The van der Waals surface area contributed by atoms with Crippen molar-refractivity contribution in [3.8, 4) is 6.07 Å². The largest absolute Gasteiger partial charge is 0.338 e. The van der Waals surface area contributed by atoms with Crippen molar-refractivity contribution in [3.05, 3.63) is 35.4 Å². The van der Waals surface area contributed by atoms with E-state index in [2.05, 4.69) is 11.4 Å². The highest BCUT2D eigenvalue weighted by Gasteiger charge is 2.31. The third-order valence-corrected chi connectivity index (χ3v) is 4.10. The normalized spacial score (nSPS) is 16.1. The lowest BCUT2D eigenvalue weighted by Crippen LogP contribution is -2.50. The molecule has 0 bridgehead atoms. The third-order valence-electron chi connectivity index (χ3n) is 4.10. The number of rotatable bonds is 5. The van der Waals surface area contributed by atoms with Crippen molar-refractivity contribution in [2.45, 2.75) is 20.4 Å². The molecular weight excluding hydrogens is 250 g/mol. The average Bonchev–Trinajstić information content (AvgIpc) is 2.42. The number of carbonyl (C=O) groups is 1. The summed E-state index contributed by atoms with van der Waals surface area (Å²) in [6.07, 6.45) is 0. The standard InChI is InChI=1S/C16H21N3O/c1-3-19(16(20)12(2)15-9-18-10-15)11-14-7-5-4-6-13(14)8-17/h4-7,12,15,18H,3,9-11H2,1-2H3. The van der Waals surface area contributed by atoms with E-state index in [-0.39, 0.29) is 11.8 Å². The maximum atomic E-state index is 12.5. The van der Waals surface area contributed by atoms with Gasteiger partial charge in [-0.2, -0.15) is 5.26 Å². The van der Waals surface area contributed by atoms with Crippen LogP contribution in [0.25, 0.3) is 0 Å². The molecule has 0 aromatic heterocycles. The van der Waals surface area contributed by atoms with Crippen LogP contribution in [0.5, 0.6) is 0 Å². The minimum absolute atomic E-state index is 0.0467. The maximum absolute atomic E-state index is 12.5. The van der Waals surface area contributed by atoms with Crippen molar-refractivity contribution in [2.24, 2.45) is 11.8 Å². The summed E-state index contributed by atoms with van der Waals surface area (Å²) in [6, 6.07) is 9.67. The molecule has 1 aromatic carbocycles. The lowest BCUT2D eigenvalue weighted by atomic mass is 9.88. The molecule has 1 fully saturated rings. The Hall–Kier alpha value is -1.86. The zero-order valence-corrected chi connectivity index (χ0v) is 12.1. The van der Waals surface area contributed by atoms with Crippen molar-refractivity contribution in [1.82, 2.24) is 10.2 Å². The Balaban J connectivity index is 2.08. The predicted octanol–water partition coefficient (Wildman–Crippen LogP) is 1.76. The fourth-order valence-electron chi connectivity index (χ4n) is 2.47. The summed E-state index contributed by atoms with van der Waals surface area (Å²) in [5, 5.41) is 12.3. The fourth-order valence-corrected chi connectivity index (χ4v) is 2.47.